The van der Waals surface area contributed by atoms with Gasteiger partial charge in [0.15, 0.2) is 11.5 Å². The van der Waals surface area contributed by atoms with Gasteiger partial charge in [-0.15, -0.1) is 0 Å². The Morgan fingerprint density at radius 3 is 2.60 bits per heavy atom. The van der Waals surface area contributed by atoms with Gasteiger partial charge in [0, 0.05) is 6.04 Å². The monoisotopic (exact) mass is 278 g/mol. The molecule has 0 saturated carbocycles. The number of hydrogen-bond donors (Lipinski definition) is 2. The highest BCUT2D eigenvalue weighted by atomic mass is 16.5. The van der Waals surface area contributed by atoms with E-state index in [1.807, 2.05) is 13.8 Å². The number of nitrogens with zero attached hydrogens (tertiary/aromatic N) is 1. The number of methoxy groups -OCH3 is 1. The van der Waals surface area contributed by atoms with Crippen LogP contribution in [-0.2, 0) is 6.61 Å². The zero-order valence-electron chi connectivity index (χ0n) is 12.4. The molecule has 0 heterocycles. The van der Waals surface area contributed by atoms with Crippen LogP contribution in [0.3, 0.4) is 0 Å². The topological polar surface area (TPSA) is 74.5 Å². The highest BCUT2D eigenvalue weighted by molar-refractivity contribution is 5.42. The van der Waals surface area contributed by atoms with Crippen molar-refractivity contribution in [3.8, 4) is 17.6 Å². The lowest BCUT2D eigenvalue weighted by Crippen LogP contribution is -2.49. The normalized spacial score (nSPS) is 13.7. The third-order valence-corrected chi connectivity index (χ3v) is 2.78. The number of rotatable bonds is 7. The maximum atomic E-state index is 9.26. The fourth-order valence-corrected chi connectivity index (χ4v) is 1.90. The summed E-state index contributed by atoms with van der Waals surface area (Å²) in [6, 6.07) is 7.62. The van der Waals surface area contributed by atoms with Crippen molar-refractivity contribution in [2.75, 3.05) is 13.7 Å². The smallest absolute Gasteiger partial charge is 0.161 e. The van der Waals surface area contributed by atoms with Gasteiger partial charge in [-0.05, 0) is 38.5 Å². The third-order valence-electron chi connectivity index (χ3n) is 2.78. The van der Waals surface area contributed by atoms with Crippen molar-refractivity contribution in [2.24, 2.45) is 0 Å². The molecular weight excluding hydrogens is 256 g/mol. The lowest BCUT2D eigenvalue weighted by atomic mass is 10.1. The van der Waals surface area contributed by atoms with E-state index in [1.54, 1.807) is 32.2 Å². The molecule has 5 heteroatoms. The molecule has 1 atom stereocenters. The number of aliphatic hydroxyl groups excluding tert-OH is 1. The van der Waals surface area contributed by atoms with E-state index >= 15 is 0 Å². The summed E-state index contributed by atoms with van der Waals surface area (Å²) in [5.41, 5.74) is -0.0213. The second-order valence-corrected chi connectivity index (χ2v) is 5.17. The van der Waals surface area contributed by atoms with Crippen molar-refractivity contribution < 1.29 is 14.6 Å². The lowest BCUT2D eigenvalue weighted by molar-refractivity contribution is 0.216. The van der Waals surface area contributed by atoms with Crippen LogP contribution < -0.4 is 14.8 Å². The first-order valence-electron chi connectivity index (χ1n) is 6.53. The SMILES string of the molecule is COc1cc(CO)ccc1OCC(C)(C#N)NC(C)C. The summed E-state index contributed by atoms with van der Waals surface area (Å²) in [5, 5.41) is 21.5. The number of nitrogens with one attached hydrogen (secondary N) is 1. The van der Waals surface area contributed by atoms with Gasteiger partial charge in [0.2, 0.25) is 0 Å². The molecule has 20 heavy (non-hydrogen) atoms. The van der Waals surface area contributed by atoms with E-state index in [2.05, 4.69) is 11.4 Å². The van der Waals surface area contributed by atoms with Crippen LogP contribution in [0.25, 0.3) is 0 Å². The molecular formula is C15H22N2O3. The maximum absolute atomic E-state index is 9.26. The number of benzene rings is 1. The van der Waals surface area contributed by atoms with Gasteiger partial charge in [-0.3, -0.25) is 5.32 Å². The summed E-state index contributed by atoms with van der Waals surface area (Å²) in [5.74, 6) is 1.10. The van der Waals surface area contributed by atoms with Crippen LogP contribution in [0.4, 0.5) is 0 Å². The Morgan fingerprint density at radius 2 is 2.10 bits per heavy atom. The Hall–Kier alpha value is -1.77. The molecule has 0 aliphatic rings. The summed E-state index contributed by atoms with van der Waals surface area (Å²) in [6.07, 6.45) is 0. The Labute approximate surface area is 120 Å². The minimum atomic E-state index is -0.769. The van der Waals surface area contributed by atoms with Crippen LogP contribution in [0.1, 0.15) is 26.3 Å². The molecule has 1 aromatic carbocycles. The minimum Gasteiger partial charge on any atom is -0.493 e. The van der Waals surface area contributed by atoms with E-state index < -0.39 is 5.54 Å². The van der Waals surface area contributed by atoms with Crippen molar-refractivity contribution in [3.63, 3.8) is 0 Å². The summed E-state index contributed by atoms with van der Waals surface area (Å²) in [6.45, 7) is 5.90. The van der Waals surface area contributed by atoms with Gasteiger partial charge in [-0.25, -0.2) is 0 Å². The molecule has 0 amide bonds. The molecule has 0 saturated heterocycles. The van der Waals surface area contributed by atoms with Gasteiger partial charge in [0.05, 0.1) is 19.8 Å². The standard InChI is InChI=1S/C15H22N2O3/c1-11(2)17-15(3,9-16)10-20-13-6-5-12(8-18)7-14(13)19-4/h5-7,11,17-18H,8,10H2,1-4H3. The summed E-state index contributed by atoms with van der Waals surface area (Å²) >= 11 is 0. The molecule has 1 unspecified atom stereocenters. The fraction of sp³-hybridized carbons (Fsp3) is 0.533. The van der Waals surface area contributed by atoms with E-state index in [-0.39, 0.29) is 19.3 Å². The van der Waals surface area contributed by atoms with Crippen LogP contribution in [0.2, 0.25) is 0 Å². The van der Waals surface area contributed by atoms with Crippen molar-refractivity contribution in [1.29, 1.82) is 5.26 Å². The molecule has 2 N–H and O–H groups in total. The molecule has 110 valence electrons. The van der Waals surface area contributed by atoms with E-state index in [1.165, 1.54) is 0 Å². The van der Waals surface area contributed by atoms with Crippen molar-refractivity contribution in [1.82, 2.24) is 5.32 Å². The Bertz CT molecular complexity index is 482. The van der Waals surface area contributed by atoms with Gasteiger partial charge < -0.3 is 14.6 Å². The third kappa shape index (κ3) is 4.41. The van der Waals surface area contributed by atoms with Crippen LogP contribution >= 0.6 is 0 Å². The van der Waals surface area contributed by atoms with Gasteiger partial charge >= 0.3 is 0 Å². The molecule has 1 rings (SSSR count). The number of aliphatic hydroxyl groups is 1. The summed E-state index contributed by atoms with van der Waals surface area (Å²) < 4.78 is 10.9. The van der Waals surface area contributed by atoms with Gasteiger partial charge in [-0.2, -0.15) is 5.26 Å². The molecule has 5 nitrogen and oxygen atoms in total. The second kappa shape index (κ2) is 7.13. The van der Waals surface area contributed by atoms with Gasteiger partial charge in [-0.1, -0.05) is 6.07 Å². The van der Waals surface area contributed by atoms with Crippen LogP contribution in [0.15, 0.2) is 18.2 Å². The molecule has 0 spiro atoms. The van der Waals surface area contributed by atoms with E-state index in [4.69, 9.17) is 14.6 Å². The predicted molar refractivity (Wildman–Crippen MR) is 76.7 cm³/mol. The summed E-state index contributed by atoms with van der Waals surface area (Å²) in [4.78, 5) is 0. The fourth-order valence-electron chi connectivity index (χ4n) is 1.90. The average Bonchev–Trinajstić information content (AvgIpc) is 2.44. The lowest BCUT2D eigenvalue weighted by Gasteiger charge is -2.26. The molecule has 1 aromatic rings. The van der Waals surface area contributed by atoms with Crippen molar-refractivity contribution in [2.45, 2.75) is 39.0 Å². The van der Waals surface area contributed by atoms with E-state index in [0.29, 0.717) is 11.5 Å². The number of ether oxygens (including phenoxy) is 2. The molecule has 0 aliphatic heterocycles. The van der Waals surface area contributed by atoms with Crippen LogP contribution in [0.5, 0.6) is 11.5 Å². The molecule has 0 radical (unpaired) electrons. The molecule has 0 bridgehead atoms. The number of hydrogen-bond acceptors (Lipinski definition) is 5. The molecule has 0 aromatic heterocycles. The Kier molecular flexibility index (Phi) is 5.81. The largest absolute Gasteiger partial charge is 0.493 e. The molecule has 0 aliphatic carbocycles. The first-order valence-corrected chi connectivity index (χ1v) is 6.53. The second-order valence-electron chi connectivity index (χ2n) is 5.17. The predicted octanol–water partition coefficient (Wildman–Crippen LogP) is 1.85. The molecule has 0 fully saturated rings. The van der Waals surface area contributed by atoms with E-state index in [9.17, 15) is 5.26 Å². The van der Waals surface area contributed by atoms with Gasteiger partial charge in [0.25, 0.3) is 0 Å². The van der Waals surface area contributed by atoms with Crippen LogP contribution in [-0.4, -0.2) is 30.4 Å². The quantitative estimate of drug-likeness (QED) is 0.796. The maximum Gasteiger partial charge on any atom is 0.161 e. The van der Waals surface area contributed by atoms with Crippen molar-refractivity contribution in [3.05, 3.63) is 23.8 Å². The first kappa shape index (κ1) is 16.3. The van der Waals surface area contributed by atoms with Crippen LogP contribution in [0, 0.1) is 11.3 Å². The Morgan fingerprint density at radius 1 is 1.40 bits per heavy atom. The van der Waals surface area contributed by atoms with Crippen molar-refractivity contribution >= 4 is 0 Å². The average molecular weight is 278 g/mol. The number of nitriles is 1. The zero-order valence-corrected chi connectivity index (χ0v) is 12.4. The minimum absolute atomic E-state index is 0.0541. The first-order chi connectivity index (χ1) is 9.44. The highest BCUT2D eigenvalue weighted by Crippen LogP contribution is 2.28. The summed E-state index contributed by atoms with van der Waals surface area (Å²) in [7, 11) is 1.54. The van der Waals surface area contributed by atoms with Gasteiger partial charge in [0.1, 0.15) is 12.1 Å². The van der Waals surface area contributed by atoms with E-state index in [0.717, 1.165) is 5.56 Å². The Balaban J connectivity index is 2.81. The highest BCUT2D eigenvalue weighted by Gasteiger charge is 2.26. The zero-order chi connectivity index (χ0) is 15.2.